The van der Waals surface area contributed by atoms with Crippen molar-refractivity contribution in [1.82, 2.24) is 14.1 Å². The van der Waals surface area contributed by atoms with E-state index in [0.29, 0.717) is 18.5 Å². The highest BCUT2D eigenvalue weighted by atomic mass is 32.2. The fourth-order valence-electron chi connectivity index (χ4n) is 4.35. The largest absolute Gasteiger partial charge is 0.507 e. The van der Waals surface area contributed by atoms with Gasteiger partial charge in [-0.05, 0) is 55.7 Å². The number of hydrogen-bond donors (Lipinski definition) is 1. The lowest BCUT2D eigenvalue weighted by molar-refractivity contribution is -0.139. The molecule has 0 radical (unpaired) electrons. The van der Waals surface area contributed by atoms with Crippen LogP contribution in [0.25, 0.3) is 5.76 Å². The van der Waals surface area contributed by atoms with E-state index in [9.17, 15) is 23.1 Å². The number of amides is 1. The number of ketones is 1. The van der Waals surface area contributed by atoms with Gasteiger partial charge in [0.2, 0.25) is 10.0 Å². The average Bonchev–Trinajstić information content (AvgIpc) is 3.08. The van der Waals surface area contributed by atoms with Gasteiger partial charge in [-0.15, -0.1) is 0 Å². The summed E-state index contributed by atoms with van der Waals surface area (Å²) in [5.74, 6) is -1.86. The summed E-state index contributed by atoms with van der Waals surface area (Å²) < 4.78 is 26.4. The van der Waals surface area contributed by atoms with E-state index in [2.05, 4.69) is 20.8 Å². The standard InChI is InChI=1S/C28H37N3O5S/c1-28(2,3)21-14-12-19(13-15-21)24-23(26(33)27(34)31(24)17-9-16-29(4)5)25(32)20-10-8-11-22(18-20)37(35,36)30(6)7/h8,10-15,18,24,32H,9,16-17H2,1-7H3. The summed E-state index contributed by atoms with van der Waals surface area (Å²) in [5.41, 5.74) is 1.84. The molecule has 1 unspecified atom stereocenters. The minimum Gasteiger partial charge on any atom is -0.507 e. The fourth-order valence-corrected chi connectivity index (χ4v) is 5.30. The van der Waals surface area contributed by atoms with Gasteiger partial charge >= 0.3 is 0 Å². The van der Waals surface area contributed by atoms with E-state index in [1.165, 1.54) is 43.3 Å². The predicted octanol–water partition coefficient (Wildman–Crippen LogP) is 3.61. The molecule has 1 aliphatic rings. The number of aliphatic hydroxyl groups is 1. The molecule has 1 fully saturated rings. The van der Waals surface area contributed by atoms with Crippen LogP contribution in [-0.2, 0) is 25.0 Å². The normalized spacial score (nSPS) is 18.3. The van der Waals surface area contributed by atoms with Gasteiger partial charge in [-0.1, -0.05) is 57.2 Å². The zero-order valence-electron chi connectivity index (χ0n) is 22.6. The Balaban J connectivity index is 2.16. The van der Waals surface area contributed by atoms with Gasteiger partial charge in [0, 0.05) is 26.2 Å². The summed E-state index contributed by atoms with van der Waals surface area (Å²) in [6, 6.07) is 12.7. The van der Waals surface area contributed by atoms with Crippen LogP contribution in [0.2, 0.25) is 0 Å². The molecule has 0 aromatic heterocycles. The maximum absolute atomic E-state index is 13.3. The van der Waals surface area contributed by atoms with E-state index in [1.54, 1.807) is 0 Å². The second kappa shape index (κ2) is 10.8. The Morgan fingerprint density at radius 3 is 2.16 bits per heavy atom. The topological polar surface area (TPSA) is 98.2 Å². The summed E-state index contributed by atoms with van der Waals surface area (Å²) in [5, 5.41) is 11.3. The number of nitrogens with zero attached hydrogens (tertiary/aromatic N) is 3. The van der Waals surface area contributed by atoms with E-state index in [4.69, 9.17) is 0 Å². The molecule has 0 aliphatic carbocycles. The molecule has 3 rings (SSSR count). The SMILES string of the molecule is CN(C)CCCN1C(=O)C(=O)C(=C(O)c2cccc(S(=O)(=O)N(C)C)c2)C1c1ccc(C(C)(C)C)cc1. The van der Waals surface area contributed by atoms with E-state index >= 15 is 0 Å². The molecule has 1 atom stereocenters. The molecule has 8 nitrogen and oxygen atoms in total. The van der Waals surface area contributed by atoms with E-state index in [1.807, 2.05) is 43.3 Å². The van der Waals surface area contributed by atoms with Crippen molar-refractivity contribution in [3.05, 3.63) is 70.8 Å². The smallest absolute Gasteiger partial charge is 0.295 e. The fraction of sp³-hybridized carbons (Fsp3) is 0.429. The minimum atomic E-state index is -3.76. The number of rotatable bonds is 8. The van der Waals surface area contributed by atoms with Crippen LogP contribution in [0.1, 0.15) is 49.9 Å². The lowest BCUT2D eigenvalue weighted by Crippen LogP contribution is -2.32. The maximum Gasteiger partial charge on any atom is 0.295 e. The number of sulfonamides is 1. The number of aliphatic hydroxyl groups excluding tert-OH is 1. The highest BCUT2D eigenvalue weighted by Gasteiger charge is 2.46. The van der Waals surface area contributed by atoms with Crippen LogP contribution < -0.4 is 0 Å². The molecule has 2 aromatic carbocycles. The van der Waals surface area contributed by atoms with Gasteiger partial charge in [0.15, 0.2) is 0 Å². The van der Waals surface area contributed by atoms with Gasteiger partial charge in [-0.25, -0.2) is 12.7 Å². The average molecular weight is 528 g/mol. The molecule has 0 spiro atoms. The van der Waals surface area contributed by atoms with Crippen LogP contribution in [0.15, 0.2) is 59.0 Å². The molecule has 1 N–H and O–H groups in total. The summed E-state index contributed by atoms with van der Waals surface area (Å²) in [6.07, 6.45) is 0.646. The molecule has 1 aliphatic heterocycles. The Hall–Kier alpha value is -3.01. The minimum absolute atomic E-state index is 0.0205. The Morgan fingerprint density at radius 2 is 1.62 bits per heavy atom. The van der Waals surface area contributed by atoms with Crippen LogP contribution in [0.4, 0.5) is 0 Å². The van der Waals surface area contributed by atoms with Gasteiger partial charge in [-0.3, -0.25) is 9.59 Å². The second-order valence-electron chi connectivity index (χ2n) is 10.8. The van der Waals surface area contributed by atoms with Crippen molar-refractivity contribution in [2.75, 3.05) is 41.3 Å². The van der Waals surface area contributed by atoms with Gasteiger partial charge in [-0.2, -0.15) is 0 Å². The lowest BCUT2D eigenvalue weighted by atomic mass is 9.85. The molecule has 0 saturated carbocycles. The predicted molar refractivity (Wildman–Crippen MR) is 145 cm³/mol. The van der Waals surface area contributed by atoms with Crippen molar-refractivity contribution in [3.8, 4) is 0 Å². The van der Waals surface area contributed by atoms with E-state index < -0.39 is 33.5 Å². The summed E-state index contributed by atoms with van der Waals surface area (Å²) in [7, 11) is 2.95. The van der Waals surface area contributed by atoms with E-state index in [0.717, 1.165) is 16.4 Å². The molecular formula is C28H37N3O5S. The van der Waals surface area contributed by atoms with Crippen LogP contribution in [-0.4, -0.2) is 80.6 Å². The summed E-state index contributed by atoms with van der Waals surface area (Å²) in [4.78, 5) is 29.9. The first-order valence-corrected chi connectivity index (χ1v) is 13.7. The van der Waals surface area contributed by atoms with Crippen molar-refractivity contribution in [2.45, 2.75) is 43.5 Å². The zero-order chi connectivity index (χ0) is 27.7. The first-order chi connectivity index (χ1) is 17.2. The van der Waals surface area contributed by atoms with Crippen molar-refractivity contribution in [2.24, 2.45) is 0 Å². The molecule has 9 heteroatoms. The highest BCUT2D eigenvalue weighted by molar-refractivity contribution is 7.89. The maximum atomic E-state index is 13.3. The van der Waals surface area contributed by atoms with Crippen molar-refractivity contribution >= 4 is 27.5 Å². The first-order valence-electron chi connectivity index (χ1n) is 12.2. The third kappa shape index (κ3) is 5.95. The number of carbonyl (C=O) groups excluding carboxylic acids is 2. The molecule has 1 saturated heterocycles. The number of likely N-dealkylation sites (tertiary alicyclic amines) is 1. The lowest BCUT2D eigenvalue weighted by Gasteiger charge is -2.27. The molecule has 1 heterocycles. The Morgan fingerprint density at radius 1 is 1.00 bits per heavy atom. The van der Waals surface area contributed by atoms with Crippen molar-refractivity contribution in [1.29, 1.82) is 0 Å². The van der Waals surface area contributed by atoms with Crippen LogP contribution in [0, 0.1) is 0 Å². The van der Waals surface area contributed by atoms with Crippen molar-refractivity contribution in [3.63, 3.8) is 0 Å². The van der Waals surface area contributed by atoms with Crippen LogP contribution >= 0.6 is 0 Å². The number of Topliss-reactive ketones (excluding diaryl/α,β-unsaturated/α-hetero) is 1. The van der Waals surface area contributed by atoms with Gasteiger partial charge in [0.05, 0.1) is 16.5 Å². The Labute approximate surface area is 220 Å². The highest BCUT2D eigenvalue weighted by Crippen LogP contribution is 2.40. The third-order valence-electron chi connectivity index (χ3n) is 6.52. The number of carbonyl (C=O) groups is 2. The molecule has 37 heavy (non-hydrogen) atoms. The summed E-state index contributed by atoms with van der Waals surface area (Å²) >= 11 is 0. The Kier molecular flexibility index (Phi) is 8.31. The van der Waals surface area contributed by atoms with Gasteiger partial charge < -0.3 is 14.9 Å². The van der Waals surface area contributed by atoms with Gasteiger partial charge in [0.25, 0.3) is 11.7 Å². The quantitative estimate of drug-likeness (QED) is 0.320. The summed E-state index contributed by atoms with van der Waals surface area (Å²) in [6.45, 7) is 7.36. The second-order valence-corrected chi connectivity index (χ2v) is 13.0. The van der Waals surface area contributed by atoms with Crippen LogP contribution in [0.5, 0.6) is 0 Å². The molecular weight excluding hydrogens is 490 g/mol. The monoisotopic (exact) mass is 527 g/mol. The molecule has 0 bridgehead atoms. The number of benzene rings is 2. The zero-order valence-corrected chi connectivity index (χ0v) is 23.5. The van der Waals surface area contributed by atoms with E-state index in [-0.39, 0.29) is 21.4 Å². The Bertz CT molecular complexity index is 1310. The van der Waals surface area contributed by atoms with Gasteiger partial charge in [0.1, 0.15) is 5.76 Å². The number of hydrogen-bond acceptors (Lipinski definition) is 6. The molecule has 1 amide bonds. The molecule has 2 aromatic rings. The van der Waals surface area contributed by atoms with Crippen LogP contribution in [0.3, 0.4) is 0 Å². The third-order valence-corrected chi connectivity index (χ3v) is 8.33. The van der Waals surface area contributed by atoms with Crippen molar-refractivity contribution < 1.29 is 23.1 Å². The first kappa shape index (κ1) is 28.6. The molecule has 200 valence electrons.